The van der Waals surface area contributed by atoms with Gasteiger partial charge in [0.1, 0.15) is 0 Å². The lowest BCUT2D eigenvalue weighted by atomic mass is 9.81. The van der Waals surface area contributed by atoms with Gasteiger partial charge in [0.25, 0.3) is 0 Å². The van der Waals surface area contributed by atoms with Crippen LogP contribution in [0.15, 0.2) is 0 Å². The van der Waals surface area contributed by atoms with Crippen LogP contribution in [0.3, 0.4) is 0 Å². The molecule has 0 aliphatic carbocycles. The zero-order valence-corrected chi connectivity index (χ0v) is 9.54. The standard InChI is InChI=1S/C8H18N2O.C2H6/c1-6-4-10(3)5-7(9)8(6,2)11;1-2/h6-7,11H,4-5,9H2,1-3H3;1-2H3. The van der Waals surface area contributed by atoms with E-state index in [1.807, 2.05) is 34.7 Å². The first-order valence-corrected chi connectivity index (χ1v) is 5.11. The maximum Gasteiger partial charge on any atom is 0.0819 e. The number of likely N-dealkylation sites (N-methyl/N-ethyl adjacent to an activating group) is 1. The second-order valence-electron chi connectivity index (χ2n) is 3.95. The molecule has 3 heteroatoms. The molecule has 0 radical (unpaired) electrons. The summed E-state index contributed by atoms with van der Waals surface area (Å²) in [5.41, 5.74) is 5.11. The van der Waals surface area contributed by atoms with Crippen LogP contribution in [0, 0.1) is 5.92 Å². The first-order valence-electron chi connectivity index (χ1n) is 5.11. The van der Waals surface area contributed by atoms with E-state index in [2.05, 4.69) is 4.90 Å². The Bertz CT molecular complexity index is 134. The molecule has 80 valence electrons. The fourth-order valence-corrected chi connectivity index (χ4v) is 1.61. The molecule has 0 aromatic heterocycles. The van der Waals surface area contributed by atoms with Crippen LogP contribution in [0.1, 0.15) is 27.7 Å². The highest BCUT2D eigenvalue weighted by Gasteiger charge is 2.39. The van der Waals surface area contributed by atoms with E-state index in [1.165, 1.54) is 0 Å². The van der Waals surface area contributed by atoms with Crippen LogP contribution in [0.2, 0.25) is 0 Å². The van der Waals surface area contributed by atoms with E-state index in [0.717, 1.165) is 13.1 Å². The van der Waals surface area contributed by atoms with Crippen molar-refractivity contribution < 1.29 is 5.11 Å². The zero-order valence-electron chi connectivity index (χ0n) is 9.54. The maximum absolute atomic E-state index is 9.88. The summed E-state index contributed by atoms with van der Waals surface area (Å²) in [5.74, 6) is 0.260. The average Bonchev–Trinajstić information content (AvgIpc) is 2.05. The molecule has 13 heavy (non-hydrogen) atoms. The summed E-state index contributed by atoms with van der Waals surface area (Å²) in [6.45, 7) is 9.59. The van der Waals surface area contributed by atoms with Crippen molar-refractivity contribution in [3.05, 3.63) is 0 Å². The molecule has 1 rings (SSSR count). The third-order valence-corrected chi connectivity index (χ3v) is 2.84. The minimum Gasteiger partial charge on any atom is -0.388 e. The molecule has 3 N–H and O–H groups in total. The van der Waals surface area contributed by atoms with Gasteiger partial charge in [0.15, 0.2) is 0 Å². The van der Waals surface area contributed by atoms with E-state index in [1.54, 1.807) is 0 Å². The van der Waals surface area contributed by atoms with E-state index in [-0.39, 0.29) is 12.0 Å². The highest BCUT2D eigenvalue weighted by Crippen LogP contribution is 2.25. The molecule has 0 spiro atoms. The van der Waals surface area contributed by atoms with Gasteiger partial charge in [-0.05, 0) is 19.9 Å². The highest BCUT2D eigenvalue weighted by atomic mass is 16.3. The lowest BCUT2D eigenvalue weighted by Crippen LogP contribution is -2.61. The largest absolute Gasteiger partial charge is 0.388 e. The molecule has 1 saturated heterocycles. The van der Waals surface area contributed by atoms with Gasteiger partial charge in [0.2, 0.25) is 0 Å². The van der Waals surface area contributed by atoms with Gasteiger partial charge in [-0.15, -0.1) is 0 Å². The molecule has 1 aliphatic heterocycles. The molecule has 0 aromatic rings. The lowest BCUT2D eigenvalue weighted by Gasteiger charge is -2.44. The third kappa shape index (κ3) is 2.93. The van der Waals surface area contributed by atoms with E-state index in [9.17, 15) is 5.11 Å². The maximum atomic E-state index is 9.88. The Morgan fingerprint density at radius 1 is 1.38 bits per heavy atom. The van der Waals surface area contributed by atoms with Gasteiger partial charge in [-0.3, -0.25) is 0 Å². The molecule has 3 atom stereocenters. The number of nitrogens with zero attached hydrogens (tertiary/aromatic N) is 1. The summed E-state index contributed by atoms with van der Waals surface area (Å²) in [7, 11) is 2.03. The summed E-state index contributed by atoms with van der Waals surface area (Å²) in [4.78, 5) is 2.16. The Kier molecular flexibility index (Phi) is 4.89. The van der Waals surface area contributed by atoms with Crippen LogP contribution in [-0.2, 0) is 0 Å². The second-order valence-corrected chi connectivity index (χ2v) is 3.95. The van der Waals surface area contributed by atoms with Gasteiger partial charge in [-0.1, -0.05) is 20.8 Å². The van der Waals surface area contributed by atoms with Gasteiger partial charge in [-0.25, -0.2) is 0 Å². The number of hydrogen-bond acceptors (Lipinski definition) is 3. The van der Waals surface area contributed by atoms with E-state index in [4.69, 9.17) is 5.73 Å². The molecular formula is C10H24N2O. The van der Waals surface area contributed by atoms with Gasteiger partial charge < -0.3 is 15.7 Å². The molecule has 1 aliphatic rings. The van der Waals surface area contributed by atoms with Crippen molar-refractivity contribution in [3.8, 4) is 0 Å². The number of likely N-dealkylation sites (tertiary alicyclic amines) is 1. The van der Waals surface area contributed by atoms with Gasteiger partial charge in [0, 0.05) is 19.1 Å². The highest BCUT2D eigenvalue weighted by molar-refractivity contribution is 4.96. The molecule has 1 fully saturated rings. The quantitative estimate of drug-likeness (QED) is 0.587. The number of aliphatic hydroxyl groups is 1. The Labute approximate surface area is 81.9 Å². The van der Waals surface area contributed by atoms with E-state index < -0.39 is 5.60 Å². The normalized spacial score (nSPS) is 40.8. The van der Waals surface area contributed by atoms with Crippen LogP contribution >= 0.6 is 0 Å². The van der Waals surface area contributed by atoms with Crippen molar-refractivity contribution in [3.63, 3.8) is 0 Å². The third-order valence-electron chi connectivity index (χ3n) is 2.84. The summed E-state index contributed by atoms with van der Waals surface area (Å²) in [6, 6.07) is -0.115. The average molecular weight is 188 g/mol. The molecule has 1 heterocycles. The van der Waals surface area contributed by atoms with Crippen molar-refractivity contribution in [2.24, 2.45) is 11.7 Å². The van der Waals surface area contributed by atoms with Crippen molar-refractivity contribution >= 4 is 0 Å². The van der Waals surface area contributed by atoms with Crippen molar-refractivity contribution in [1.29, 1.82) is 0 Å². The smallest absolute Gasteiger partial charge is 0.0819 e. The number of rotatable bonds is 0. The molecule has 0 bridgehead atoms. The fourth-order valence-electron chi connectivity index (χ4n) is 1.61. The Hall–Kier alpha value is -0.120. The van der Waals surface area contributed by atoms with Gasteiger partial charge in [0.05, 0.1) is 5.60 Å². The topological polar surface area (TPSA) is 49.5 Å². The van der Waals surface area contributed by atoms with Crippen LogP contribution in [-0.4, -0.2) is 41.8 Å². The molecule has 0 aromatic carbocycles. The predicted molar refractivity (Wildman–Crippen MR) is 56.6 cm³/mol. The number of hydrogen-bond donors (Lipinski definition) is 2. The van der Waals surface area contributed by atoms with Gasteiger partial charge in [-0.2, -0.15) is 0 Å². The Balaban J connectivity index is 0.000000671. The summed E-state index contributed by atoms with van der Waals surface area (Å²) in [5, 5.41) is 9.88. The van der Waals surface area contributed by atoms with E-state index >= 15 is 0 Å². The number of nitrogens with two attached hydrogens (primary N) is 1. The summed E-state index contributed by atoms with van der Waals surface area (Å²) in [6.07, 6.45) is 0. The van der Waals surface area contributed by atoms with Crippen LogP contribution in [0.25, 0.3) is 0 Å². The first kappa shape index (κ1) is 12.9. The van der Waals surface area contributed by atoms with Crippen LogP contribution in [0.4, 0.5) is 0 Å². The Morgan fingerprint density at radius 3 is 2.23 bits per heavy atom. The molecule has 0 saturated carbocycles. The van der Waals surface area contributed by atoms with Crippen LogP contribution < -0.4 is 5.73 Å². The van der Waals surface area contributed by atoms with Crippen LogP contribution in [0.5, 0.6) is 0 Å². The fraction of sp³-hybridized carbons (Fsp3) is 1.00. The lowest BCUT2D eigenvalue weighted by molar-refractivity contribution is -0.0612. The zero-order chi connectivity index (χ0) is 10.6. The second kappa shape index (κ2) is 4.94. The van der Waals surface area contributed by atoms with Crippen molar-refractivity contribution in [2.45, 2.75) is 39.3 Å². The van der Waals surface area contributed by atoms with E-state index in [0.29, 0.717) is 0 Å². The Morgan fingerprint density at radius 2 is 1.85 bits per heavy atom. The minimum atomic E-state index is -0.688. The predicted octanol–water partition coefficient (Wildman–Crippen LogP) is 0.672. The summed E-state index contributed by atoms with van der Waals surface area (Å²) >= 11 is 0. The van der Waals surface area contributed by atoms with Gasteiger partial charge >= 0.3 is 0 Å². The summed E-state index contributed by atoms with van der Waals surface area (Å²) < 4.78 is 0. The molecule has 3 nitrogen and oxygen atoms in total. The SMILES string of the molecule is CC.CC1CN(C)CC(N)C1(C)O. The molecular weight excluding hydrogens is 164 g/mol. The van der Waals surface area contributed by atoms with Crippen molar-refractivity contribution in [1.82, 2.24) is 4.90 Å². The molecule has 3 unspecified atom stereocenters. The minimum absolute atomic E-state index is 0.115. The molecule has 0 amide bonds. The van der Waals surface area contributed by atoms with Crippen molar-refractivity contribution in [2.75, 3.05) is 20.1 Å². The monoisotopic (exact) mass is 188 g/mol. The first-order chi connectivity index (χ1) is 5.94. The number of piperidine rings is 1.